The summed E-state index contributed by atoms with van der Waals surface area (Å²) in [5, 5.41) is 4.13. The van der Waals surface area contributed by atoms with Crippen molar-refractivity contribution in [3.05, 3.63) is 65.6 Å². The fourth-order valence-electron chi connectivity index (χ4n) is 3.53. The number of sulfonamides is 1. The zero-order valence-corrected chi connectivity index (χ0v) is 19.3. The van der Waals surface area contributed by atoms with Gasteiger partial charge in [-0.05, 0) is 35.9 Å². The van der Waals surface area contributed by atoms with Crippen LogP contribution in [-0.4, -0.2) is 56.5 Å². The Bertz CT molecular complexity index is 1270. The predicted molar refractivity (Wildman–Crippen MR) is 118 cm³/mol. The minimum Gasteiger partial charge on any atom is -0.495 e. The van der Waals surface area contributed by atoms with Gasteiger partial charge >= 0.3 is 0 Å². The molecule has 0 aliphatic carbocycles. The Balaban J connectivity index is 1.59. The van der Waals surface area contributed by atoms with E-state index in [-0.39, 0.29) is 27.6 Å². The summed E-state index contributed by atoms with van der Waals surface area (Å²) in [6, 6.07) is 9.75. The SMILES string of the molecule is COc1ccc(C2(C)COC2)cc1S(=O)(=O)NC(=O)c1ccc(Cn2cccn2)c(OC)n1. The normalized spacial score (nSPS) is 14.9. The van der Waals surface area contributed by atoms with Crippen molar-refractivity contribution in [3.8, 4) is 11.6 Å². The summed E-state index contributed by atoms with van der Waals surface area (Å²) in [6.07, 6.45) is 3.43. The molecule has 1 N–H and O–H groups in total. The molecule has 1 aliphatic rings. The quantitative estimate of drug-likeness (QED) is 0.526. The maximum Gasteiger partial charge on any atom is 0.283 e. The lowest BCUT2D eigenvalue weighted by atomic mass is 9.81. The Hall–Kier alpha value is -3.44. The summed E-state index contributed by atoms with van der Waals surface area (Å²) in [6.45, 7) is 3.34. The molecular weight excluding hydrogens is 448 g/mol. The molecule has 0 unspecified atom stereocenters. The third kappa shape index (κ3) is 4.55. The van der Waals surface area contributed by atoms with E-state index in [0.29, 0.717) is 25.3 Å². The van der Waals surface area contributed by atoms with Gasteiger partial charge < -0.3 is 14.2 Å². The van der Waals surface area contributed by atoms with Crippen LogP contribution in [0.3, 0.4) is 0 Å². The average molecular weight is 473 g/mol. The lowest BCUT2D eigenvalue weighted by Crippen LogP contribution is -2.44. The summed E-state index contributed by atoms with van der Waals surface area (Å²) >= 11 is 0. The number of amides is 1. The van der Waals surface area contributed by atoms with Gasteiger partial charge in [-0.1, -0.05) is 13.0 Å². The maximum atomic E-state index is 13.1. The smallest absolute Gasteiger partial charge is 0.283 e. The fraction of sp³-hybridized carbons (Fsp3) is 0.318. The molecule has 10 nitrogen and oxygen atoms in total. The van der Waals surface area contributed by atoms with Crippen molar-refractivity contribution in [1.82, 2.24) is 19.5 Å². The number of aromatic nitrogens is 3. The van der Waals surface area contributed by atoms with Crippen LogP contribution >= 0.6 is 0 Å². The summed E-state index contributed by atoms with van der Waals surface area (Å²) in [4.78, 5) is 16.8. The van der Waals surface area contributed by atoms with Crippen LogP contribution in [0.4, 0.5) is 0 Å². The molecule has 0 radical (unpaired) electrons. The van der Waals surface area contributed by atoms with E-state index in [4.69, 9.17) is 14.2 Å². The molecule has 0 saturated carbocycles. The van der Waals surface area contributed by atoms with E-state index < -0.39 is 15.9 Å². The minimum absolute atomic E-state index is 0.103. The molecule has 4 rings (SSSR count). The number of carbonyl (C=O) groups excluding carboxylic acids is 1. The van der Waals surface area contributed by atoms with Crippen LogP contribution in [0.5, 0.6) is 11.6 Å². The number of rotatable bonds is 8. The molecule has 1 aromatic carbocycles. The lowest BCUT2D eigenvalue weighted by Gasteiger charge is -2.38. The van der Waals surface area contributed by atoms with Crippen LogP contribution in [0, 0.1) is 0 Å². The highest BCUT2D eigenvalue weighted by Crippen LogP contribution is 2.35. The van der Waals surface area contributed by atoms with Crippen LogP contribution in [0.1, 0.15) is 28.5 Å². The predicted octanol–water partition coefficient (Wildman–Crippen LogP) is 1.75. The van der Waals surface area contributed by atoms with Crippen LogP contribution < -0.4 is 14.2 Å². The molecule has 1 aliphatic heterocycles. The van der Waals surface area contributed by atoms with Gasteiger partial charge in [-0.25, -0.2) is 18.1 Å². The van der Waals surface area contributed by atoms with E-state index >= 15 is 0 Å². The number of ether oxygens (including phenoxy) is 3. The van der Waals surface area contributed by atoms with Gasteiger partial charge in [-0.3, -0.25) is 9.48 Å². The van der Waals surface area contributed by atoms with E-state index in [0.717, 1.165) is 5.56 Å². The molecule has 0 spiro atoms. The van der Waals surface area contributed by atoms with E-state index in [9.17, 15) is 13.2 Å². The molecule has 0 bridgehead atoms. The Morgan fingerprint density at radius 2 is 2.00 bits per heavy atom. The van der Waals surface area contributed by atoms with Crippen molar-refractivity contribution in [2.75, 3.05) is 27.4 Å². The maximum absolute atomic E-state index is 13.1. The summed E-state index contributed by atoms with van der Waals surface area (Å²) in [5.41, 5.74) is 1.07. The number of nitrogens with zero attached hydrogens (tertiary/aromatic N) is 3. The van der Waals surface area contributed by atoms with Gasteiger partial charge in [0, 0.05) is 23.4 Å². The molecule has 1 amide bonds. The third-order valence-corrected chi connectivity index (χ3v) is 6.83. The number of hydrogen-bond acceptors (Lipinski definition) is 8. The van der Waals surface area contributed by atoms with E-state index in [2.05, 4.69) is 14.8 Å². The summed E-state index contributed by atoms with van der Waals surface area (Å²) in [5.74, 6) is -0.555. The van der Waals surface area contributed by atoms with Crippen LogP contribution in [-0.2, 0) is 26.7 Å². The van der Waals surface area contributed by atoms with Crippen molar-refractivity contribution in [3.63, 3.8) is 0 Å². The Labute approximate surface area is 191 Å². The van der Waals surface area contributed by atoms with E-state index in [1.165, 1.54) is 26.4 Å². The van der Waals surface area contributed by atoms with Gasteiger partial charge in [0.15, 0.2) is 0 Å². The number of benzene rings is 1. The molecule has 11 heteroatoms. The first-order chi connectivity index (χ1) is 15.8. The van der Waals surface area contributed by atoms with Crippen molar-refractivity contribution in [2.45, 2.75) is 23.8 Å². The molecule has 2 aromatic heterocycles. The molecule has 3 aromatic rings. The molecular formula is C22H24N4O6S. The van der Waals surface area contributed by atoms with Crippen molar-refractivity contribution >= 4 is 15.9 Å². The highest BCUT2D eigenvalue weighted by Gasteiger charge is 2.37. The Kier molecular flexibility index (Phi) is 6.09. The van der Waals surface area contributed by atoms with Crippen LogP contribution in [0.2, 0.25) is 0 Å². The van der Waals surface area contributed by atoms with Crippen molar-refractivity contribution in [2.24, 2.45) is 0 Å². The molecule has 33 heavy (non-hydrogen) atoms. The second-order valence-electron chi connectivity index (χ2n) is 7.92. The lowest BCUT2D eigenvalue weighted by molar-refractivity contribution is -0.0501. The number of hydrogen-bond donors (Lipinski definition) is 1. The topological polar surface area (TPSA) is 122 Å². The zero-order chi connectivity index (χ0) is 23.6. The van der Waals surface area contributed by atoms with E-state index in [1.807, 2.05) is 6.92 Å². The number of methoxy groups -OCH3 is 2. The third-order valence-electron chi connectivity index (χ3n) is 5.47. The van der Waals surface area contributed by atoms with Gasteiger partial charge in [0.2, 0.25) is 5.88 Å². The molecule has 0 atom stereocenters. The average Bonchev–Trinajstić information content (AvgIpc) is 3.30. The summed E-state index contributed by atoms with van der Waals surface area (Å²) < 4.78 is 45.8. The van der Waals surface area contributed by atoms with Gasteiger partial charge in [0.05, 0.1) is 34.0 Å². The minimum atomic E-state index is -4.25. The first-order valence-corrected chi connectivity index (χ1v) is 11.6. The van der Waals surface area contributed by atoms with Gasteiger partial charge in [0.1, 0.15) is 16.3 Å². The molecule has 1 fully saturated rings. The van der Waals surface area contributed by atoms with Gasteiger partial charge in [0.25, 0.3) is 15.9 Å². The van der Waals surface area contributed by atoms with E-state index in [1.54, 1.807) is 41.3 Å². The zero-order valence-electron chi connectivity index (χ0n) is 18.4. The van der Waals surface area contributed by atoms with Crippen molar-refractivity contribution in [1.29, 1.82) is 0 Å². The molecule has 174 valence electrons. The molecule has 3 heterocycles. The largest absolute Gasteiger partial charge is 0.495 e. The first-order valence-electron chi connectivity index (χ1n) is 10.1. The monoisotopic (exact) mass is 472 g/mol. The van der Waals surface area contributed by atoms with Gasteiger partial charge in [-0.15, -0.1) is 0 Å². The Morgan fingerprint density at radius 1 is 1.21 bits per heavy atom. The first kappa shape index (κ1) is 22.7. The molecule has 1 saturated heterocycles. The highest BCUT2D eigenvalue weighted by molar-refractivity contribution is 7.90. The van der Waals surface area contributed by atoms with Crippen LogP contribution in [0.15, 0.2) is 53.7 Å². The number of carbonyl (C=O) groups is 1. The second-order valence-corrected chi connectivity index (χ2v) is 9.57. The Morgan fingerprint density at radius 3 is 2.61 bits per heavy atom. The van der Waals surface area contributed by atoms with Crippen molar-refractivity contribution < 1.29 is 27.4 Å². The highest BCUT2D eigenvalue weighted by atomic mass is 32.2. The standard InChI is InChI=1S/C22H24N4O6S/c1-22(13-32-14-22)16-6-8-18(30-2)19(11-16)33(28,29)25-20(27)17-7-5-15(21(24-17)31-3)12-26-10-4-9-23-26/h4-11H,12-14H2,1-3H3,(H,25,27). The fourth-order valence-corrected chi connectivity index (χ4v) is 4.68. The summed E-state index contributed by atoms with van der Waals surface area (Å²) in [7, 11) is -1.45. The van der Waals surface area contributed by atoms with Crippen LogP contribution in [0.25, 0.3) is 0 Å². The van der Waals surface area contributed by atoms with Gasteiger partial charge in [-0.2, -0.15) is 5.10 Å². The second kappa shape index (κ2) is 8.83. The number of nitrogens with one attached hydrogen (secondary N) is 1. The number of pyridine rings is 1.